The predicted molar refractivity (Wildman–Crippen MR) is 55.5 cm³/mol. The van der Waals surface area contributed by atoms with Crippen LogP contribution in [-0.4, -0.2) is 50.0 Å². The molecule has 2 fully saturated rings. The van der Waals surface area contributed by atoms with E-state index < -0.39 is 16.2 Å². The molecule has 1 N–H and O–H groups in total. The molecule has 1 saturated heterocycles. The Morgan fingerprint density at radius 3 is 2.62 bits per heavy atom. The van der Waals surface area contributed by atoms with Crippen LogP contribution in [0.1, 0.15) is 12.8 Å². The summed E-state index contributed by atoms with van der Waals surface area (Å²) in [6, 6.07) is 0. The summed E-state index contributed by atoms with van der Waals surface area (Å²) in [6.07, 6.45) is 1.30. The SMILES string of the molecule is CS(=O)(=O)O[C@@H]1CC[C@@H]2CN(C(=O)O)C[C@@H]21. The molecule has 1 heterocycles. The molecule has 0 aromatic carbocycles. The largest absolute Gasteiger partial charge is 0.465 e. The maximum absolute atomic E-state index is 11.0. The van der Waals surface area contributed by atoms with Gasteiger partial charge in [-0.3, -0.25) is 4.18 Å². The summed E-state index contributed by atoms with van der Waals surface area (Å²) in [4.78, 5) is 12.1. The van der Waals surface area contributed by atoms with Crippen molar-refractivity contribution in [3.8, 4) is 0 Å². The van der Waals surface area contributed by atoms with Crippen LogP contribution in [0.25, 0.3) is 0 Å². The van der Waals surface area contributed by atoms with Gasteiger partial charge in [0, 0.05) is 19.0 Å². The third-order valence-corrected chi connectivity index (χ3v) is 3.96. The second kappa shape index (κ2) is 3.89. The maximum Gasteiger partial charge on any atom is 0.407 e. The average molecular weight is 249 g/mol. The third kappa shape index (κ3) is 2.30. The summed E-state index contributed by atoms with van der Waals surface area (Å²) in [5, 5.41) is 8.85. The molecule has 0 aromatic heterocycles. The van der Waals surface area contributed by atoms with Crippen molar-refractivity contribution >= 4 is 16.2 Å². The lowest BCUT2D eigenvalue weighted by molar-refractivity contribution is 0.137. The third-order valence-electron chi connectivity index (χ3n) is 3.36. The van der Waals surface area contributed by atoms with E-state index in [0.29, 0.717) is 19.5 Å². The molecule has 16 heavy (non-hydrogen) atoms. The Morgan fingerprint density at radius 2 is 2.06 bits per heavy atom. The molecule has 7 heteroatoms. The fraction of sp³-hybridized carbons (Fsp3) is 0.889. The summed E-state index contributed by atoms with van der Waals surface area (Å²) in [7, 11) is -3.45. The Morgan fingerprint density at radius 1 is 1.38 bits per heavy atom. The lowest BCUT2D eigenvalue weighted by Gasteiger charge is -2.18. The highest BCUT2D eigenvalue weighted by molar-refractivity contribution is 7.86. The zero-order chi connectivity index (χ0) is 11.9. The van der Waals surface area contributed by atoms with Crippen LogP contribution in [0, 0.1) is 11.8 Å². The highest BCUT2D eigenvalue weighted by Gasteiger charge is 2.45. The molecular weight excluding hydrogens is 234 g/mol. The number of rotatable bonds is 2. The molecule has 0 unspecified atom stereocenters. The van der Waals surface area contributed by atoms with Gasteiger partial charge in [0.25, 0.3) is 10.1 Å². The van der Waals surface area contributed by atoms with Crippen LogP contribution in [0.4, 0.5) is 4.79 Å². The van der Waals surface area contributed by atoms with E-state index in [9.17, 15) is 13.2 Å². The van der Waals surface area contributed by atoms with Crippen molar-refractivity contribution in [2.45, 2.75) is 18.9 Å². The Hall–Kier alpha value is -0.820. The summed E-state index contributed by atoms with van der Waals surface area (Å²) in [5.41, 5.74) is 0. The first-order valence-electron chi connectivity index (χ1n) is 5.23. The van der Waals surface area contributed by atoms with Crippen molar-refractivity contribution in [1.29, 1.82) is 0 Å². The molecule has 0 bridgehead atoms. The second-order valence-corrected chi connectivity index (χ2v) is 6.13. The van der Waals surface area contributed by atoms with Gasteiger partial charge in [0.15, 0.2) is 0 Å². The first-order chi connectivity index (χ1) is 7.37. The smallest absolute Gasteiger partial charge is 0.407 e. The Kier molecular flexibility index (Phi) is 2.83. The van der Waals surface area contributed by atoms with Gasteiger partial charge < -0.3 is 10.0 Å². The quantitative estimate of drug-likeness (QED) is 0.714. The van der Waals surface area contributed by atoms with Crippen LogP contribution < -0.4 is 0 Å². The highest BCUT2D eigenvalue weighted by Crippen LogP contribution is 2.40. The summed E-state index contributed by atoms with van der Waals surface area (Å²) in [5.74, 6) is 0.286. The van der Waals surface area contributed by atoms with Gasteiger partial charge in [0.1, 0.15) is 0 Å². The molecule has 1 aliphatic carbocycles. The van der Waals surface area contributed by atoms with Crippen LogP contribution in [0.2, 0.25) is 0 Å². The normalized spacial score (nSPS) is 34.1. The Labute approximate surface area is 94.3 Å². The van der Waals surface area contributed by atoms with Gasteiger partial charge in [-0.15, -0.1) is 0 Å². The number of amides is 1. The van der Waals surface area contributed by atoms with Gasteiger partial charge in [0.2, 0.25) is 0 Å². The lowest BCUT2D eigenvalue weighted by atomic mass is 10.00. The van der Waals surface area contributed by atoms with Gasteiger partial charge in [-0.1, -0.05) is 0 Å². The minimum absolute atomic E-state index is 0.0332. The standard InChI is InChI=1S/C9H15NO5S/c1-16(13,14)15-8-3-2-6-4-10(9(11)12)5-7(6)8/h6-8H,2-5H2,1H3,(H,11,12)/t6-,7+,8-/m1/s1. The number of likely N-dealkylation sites (tertiary alicyclic amines) is 1. The van der Waals surface area contributed by atoms with E-state index in [0.717, 1.165) is 12.7 Å². The molecule has 1 saturated carbocycles. The van der Waals surface area contributed by atoms with E-state index in [2.05, 4.69) is 0 Å². The molecule has 6 nitrogen and oxygen atoms in total. The van der Waals surface area contributed by atoms with E-state index in [-0.39, 0.29) is 17.9 Å². The van der Waals surface area contributed by atoms with Gasteiger partial charge in [-0.05, 0) is 18.8 Å². The molecule has 0 radical (unpaired) electrons. The first kappa shape index (κ1) is 11.7. The number of fused-ring (bicyclic) bond motifs is 1. The van der Waals surface area contributed by atoms with Crippen molar-refractivity contribution < 1.29 is 22.5 Å². The zero-order valence-electron chi connectivity index (χ0n) is 9.00. The van der Waals surface area contributed by atoms with Crippen molar-refractivity contribution in [3.05, 3.63) is 0 Å². The van der Waals surface area contributed by atoms with Crippen molar-refractivity contribution in [1.82, 2.24) is 4.90 Å². The maximum atomic E-state index is 11.0. The van der Waals surface area contributed by atoms with E-state index in [1.807, 2.05) is 0 Å². The first-order valence-corrected chi connectivity index (χ1v) is 7.04. The van der Waals surface area contributed by atoms with Crippen LogP contribution in [0.3, 0.4) is 0 Å². The lowest BCUT2D eigenvalue weighted by Crippen LogP contribution is -2.31. The van der Waals surface area contributed by atoms with Crippen LogP contribution in [0.5, 0.6) is 0 Å². The number of hydrogen-bond acceptors (Lipinski definition) is 4. The van der Waals surface area contributed by atoms with E-state index in [1.165, 1.54) is 4.90 Å². The zero-order valence-corrected chi connectivity index (χ0v) is 9.81. The molecule has 3 atom stereocenters. The van der Waals surface area contributed by atoms with Crippen molar-refractivity contribution in [2.75, 3.05) is 19.3 Å². The monoisotopic (exact) mass is 249 g/mol. The van der Waals surface area contributed by atoms with Crippen LogP contribution >= 0.6 is 0 Å². The molecule has 0 aromatic rings. The molecule has 2 rings (SSSR count). The van der Waals surface area contributed by atoms with E-state index in [1.54, 1.807) is 0 Å². The van der Waals surface area contributed by atoms with Crippen molar-refractivity contribution in [2.24, 2.45) is 11.8 Å². The van der Waals surface area contributed by atoms with E-state index >= 15 is 0 Å². The van der Waals surface area contributed by atoms with Gasteiger partial charge in [-0.25, -0.2) is 4.79 Å². The molecule has 1 amide bonds. The summed E-state index contributed by atoms with van der Waals surface area (Å²) < 4.78 is 27.1. The van der Waals surface area contributed by atoms with E-state index in [4.69, 9.17) is 9.29 Å². The minimum Gasteiger partial charge on any atom is -0.465 e. The summed E-state index contributed by atoms with van der Waals surface area (Å²) in [6.45, 7) is 0.893. The fourth-order valence-corrected chi connectivity index (χ4v) is 3.40. The van der Waals surface area contributed by atoms with Crippen LogP contribution in [-0.2, 0) is 14.3 Å². The Balaban J connectivity index is 2.03. The number of hydrogen-bond donors (Lipinski definition) is 1. The molecule has 92 valence electrons. The van der Waals surface area contributed by atoms with Gasteiger partial charge in [0.05, 0.1) is 12.4 Å². The second-order valence-electron chi connectivity index (χ2n) is 4.53. The number of carboxylic acid groups (broad SMARTS) is 1. The molecular formula is C9H15NO5S. The average Bonchev–Trinajstić information content (AvgIpc) is 2.64. The molecule has 2 aliphatic rings. The minimum atomic E-state index is -3.45. The summed E-state index contributed by atoms with van der Waals surface area (Å²) >= 11 is 0. The number of carbonyl (C=O) groups is 1. The Bertz CT molecular complexity index is 393. The molecule has 1 aliphatic heterocycles. The number of nitrogens with zero attached hydrogens (tertiary/aromatic N) is 1. The van der Waals surface area contributed by atoms with Crippen molar-refractivity contribution in [3.63, 3.8) is 0 Å². The van der Waals surface area contributed by atoms with Crippen LogP contribution in [0.15, 0.2) is 0 Å². The highest BCUT2D eigenvalue weighted by atomic mass is 32.2. The molecule has 0 spiro atoms. The van der Waals surface area contributed by atoms with Gasteiger partial charge >= 0.3 is 6.09 Å². The predicted octanol–water partition coefficient (Wildman–Crippen LogP) is 0.351. The fourth-order valence-electron chi connectivity index (χ4n) is 2.72. The topological polar surface area (TPSA) is 83.9 Å². The van der Waals surface area contributed by atoms with Gasteiger partial charge in [-0.2, -0.15) is 8.42 Å².